The minimum Gasteiger partial charge on any atom is -0.448 e. The number of carbonyl (C=O) groups is 3. The van der Waals surface area contributed by atoms with E-state index in [1.165, 1.54) is 17.2 Å². The SMILES string of the molecule is CC(/C=C/C(C)C(C)C)=C1/CCC2/C(=C/C(=O)OC3(C)CCC(O)CC3=O)C(=O)CCC12C. The van der Waals surface area contributed by atoms with Crippen molar-refractivity contribution in [2.24, 2.45) is 23.2 Å². The normalized spacial score (nSPS) is 36.4. The summed E-state index contributed by atoms with van der Waals surface area (Å²) in [7, 11) is 0. The molecule has 0 heterocycles. The molecule has 0 aromatic rings. The Morgan fingerprint density at radius 3 is 2.45 bits per heavy atom. The summed E-state index contributed by atoms with van der Waals surface area (Å²) in [5.74, 6) is 0.178. The summed E-state index contributed by atoms with van der Waals surface area (Å²) in [6.07, 6.45) is 8.84. The Morgan fingerprint density at radius 1 is 1.12 bits per heavy atom. The highest BCUT2D eigenvalue weighted by Crippen LogP contribution is 2.57. The molecule has 3 rings (SSSR count). The molecule has 0 bridgehead atoms. The van der Waals surface area contributed by atoms with Gasteiger partial charge in [0.2, 0.25) is 0 Å². The molecule has 0 saturated heterocycles. The third-order valence-electron chi connectivity index (χ3n) is 8.45. The molecule has 3 saturated carbocycles. The van der Waals surface area contributed by atoms with Crippen molar-refractivity contribution in [3.8, 4) is 0 Å². The molecular weight excluding hydrogens is 416 g/mol. The molecule has 0 aromatic carbocycles. The van der Waals surface area contributed by atoms with E-state index in [0.717, 1.165) is 19.3 Å². The van der Waals surface area contributed by atoms with Gasteiger partial charge in [-0.3, -0.25) is 9.59 Å². The minimum atomic E-state index is -1.23. The maximum absolute atomic E-state index is 12.9. The second-order valence-electron chi connectivity index (χ2n) is 11.1. The van der Waals surface area contributed by atoms with Gasteiger partial charge in [0.05, 0.1) is 6.10 Å². The van der Waals surface area contributed by atoms with E-state index >= 15 is 0 Å². The van der Waals surface area contributed by atoms with E-state index in [-0.39, 0.29) is 29.3 Å². The molecular formula is C28H40O5. The van der Waals surface area contributed by atoms with Crippen molar-refractivity contribution in [3.63, 3.8) is 0 Å². The zero-order valence-electron chi connectivity index (χ0n) is 21.1. The zero-order valence-corrected chi connectivity index (χ0v) is 21.1. The number of ketones is 2. The molecule has 5 unspecified atom stereocenters. The van der Waals surface area contributed by atoms with Gasteiger partial charge < -0.3 is 9.84 Å². The number of aliphatic hydroxyl groups is 1. The van der Waals surface area contributed by atoms with Crippen molar-refractivity contribution in [3.05, 3.63) is 34.9 Å². The molecule has 0 aromatic heterocycles. The number of hydrogen-bond acceptors (Lipinski definition) is 5. The summed E-state index contributed by atoms with van der Waals surface area (Å²) in [4.78, 5) is 38.1. The average Bonchev–Trinajstić information content (AvgIpc) is 3.09. The van der Waals surface area contributed by atoms with E-state index in [2.05, 4.69) is 46.8 Å². The lowest BCUT2D eigenvalue weighted by Crippen LogP contribution is -2.46. The van der Waals surface area contributed by atoms with Crippen molar-refractivity contribution in [1.82, 2.24) is 0 Å². The van der Waals surface area contributed by atoms with Crippen LogP contribution in [-0.2, 0) is 19.1 Å². The Hall–Kier alpha value is -2.01. The van der Waals surface area contributed by atoms with Gasteiger partial charge in [-0.05, 0) is 69.1 Å². The summed E-state index contributed by atoms with van der Waals surface area (Å²) in [5, 5.41) is 9.71. The first-order valence-corrected chi connectivity index (χ1v) is 12.4. The summed E-state index contributed by atoms with van der Waals surface area (Å²) in [6.45, 7) is 12.6. The monoisotopic (exact) mass is 456 g/mol. The van der Waals surface area contributed by atoms with Gasteiger partial charge in [0.1, 0.15) is 0 Å². The summed E-state index contributed by atoms with van der Waals surface area (Å²) < 4.78 is 5.58. The molecule has 3 fully saturated rings. The number of carbonyl (C=O) groups excluding carboxylic acids is 3. The first-order chi connectivity index (χ1) is 15.4. The van der Waals surface area contributed by atoms with Crippen LogP contribution in [0.15, 0.2) is 34.9 Å². The Balaban J connectivity index is 1.83. The Morgan fingerprint density at radius 2 is 1.82 bits per heavy atom. The maximum atomic E-state index is 12.9. The van der Waals surface area contributed by atoms with E-state index in [1.807, 2.05) is 0 Å². The average molecular weight is 457 g/mol. The third kappa shape index (κ3) is 5.24. The van der Waals surface area contributed by atoms with Crippen molar-refractivity contribution in [1.29, 1.82) is 0 Å². The zero-order chi connectivity index (χ0) is 24.6. The fourth-order valence-corrected chi connectivity index (χ4v) is 5.69. The van der Waals surface area contributed by atoms with Gasteiger partial charge in [0.25, 0.3) is 0 Å². The molecule has 0 radical (unpaired) electrons. The quantitative estimate of drug-likeness (QED) is 0.450. The molecule has 3 aliphatic rings. The summed E-state index contributed by atoms with van der Waals surface area (Å²) in [6, 6.07) is 0. The molecule has 0 aliphatic heterocycles. The first-order valence-electron chi connectivity index (χ1n) is 12.4. The predicted molar refractivity (Wildman–Crippen MR) is 128 cm³/mol. The Labute approximate surface area is 198 Å². The molecule has 5 heteroatoms. The van der Waals surface area contributed by atoms with Crippen molar-refractivity contribution < 1.29 is 24.2 Å². The van der Waals surface area contributed by atoms with Crippen LogP contribution in [-0.4, -0.2) is 34.3 Å². The standard InChI is InChI=1S/C28H40O5/c1-17(2)18(3)7-8-19(4)22-9-10-23-21(24(30)12-13-27(22,23)5)16-26(32)33-28(6)14-11-20(29)15-25(28)31/h7-8,16-18,20,23,29H,9-15H2,1-6H3/b8-7+,21-16-,22-19+. The molecule has 0 amide bonds. The van der Waals surface area contributed by atoms with Gasteiger partial charge >= 0.3 is 5.97 Å². The van der Waals surface area contributed by atoms with Crippen LogP contribution >= 0.6 is 0 Å². The lowest BCUT2D eigenvalue weighted by molar-refractivity contribution is -0.166. The van der Waals surface area contributed by atoms with E-state index in [1.54, 1.807) is 6.92 Å². The molecule has 0 spiro atoms. The van der Waals surface area contributed by atoms with Crippen LogP contribution in [0.4, 0.5) is 0 Å². The highest BCUT2D eigenvalue weighted by atomic mass is 16.6. The number of fused-ring (bicyclic) bond motifs is 1. The fourth-order valence-electron chi connectivity index (χ4n) is 5.69. The third-order valence-corrected chi connectivity index (χ3v) is 8.45. The molecule has 5 atom stereocenters. The molecule has 1 N–H and O–H groups in total. The number of hydrogen-bond donors (Lipinski definition) is 1. The van der Waals surface area contributed by atoms with Gasteiger partial charge in [-0.2, -0.15) is 0 Å². The van der Waals surface area contributed by atoms with Gasteiger partial charge in [-0.15, -0.1) is 0 Å². The predicted octanol–water partition coefficient (Wildman–Crippen LogP) is 5.27. The number of aliphatic hydroxyl groups excluding tert-OH is 1. The maximum Gasteiger partial charge on any atom is 0.332 e. The first kappa shape index (κ1) is 25.6. The lowest BCUT2D eigenvalue weighted by atomic mass is 9.64. The number of Topliss-reactive ketones (excluding diaryl/α,β-unsaturated/α-hetero) is 2. The molecule has 5 nitrogen and oxygen atoms in total. The highest BCUT2D eigenvalue weighted by molar-refractivity contribution is 6.03. The second kappa shape index (κ2) is 9.69. The van der Waals surface area contributed by atoms with Gasteiger partial charge in [-0.1, -0.05) is 51.0 Å². The van der Waals surface area contributed by atoms with Crippen LogP contribution in [0.2, 0.25) is 0 Å². The van der Waals surface area contributed by atoms with Crippen LogP contribution < -0.4 is 0 Å². The second-order valence-corrected chi connectivity index (χ2v) is 11.1. The van der Waals surface area contributed by atoms with E-state index in [4.69, 9.17) is 4.74 Å². The number of ether oxygens (including phenoxy) is 1. The molecule has 182 valence electrons. The van der Waals surface area contributed by atoms with E-state index in [9.17, 15) is 19.5 Å². The lowest BCUT2D eigenvalue weighted by Gasteiger charge is -2.39. The number of esters is 1. The van der Waals surface area contributed by atoms with Crippen molar-refractivity contribution in [2.45, 2.75) is 98.2 Å². The smallest absolute Gasteiger partial charge is 0.332 e. The summed E-state index contributed by atoms with van der Waals surface area (Å²) >= 11 is 0. The van der Waals surface area contributed by atoms with Crippen molar-refractivity contribution >= 4 is 17.5 Å². The van der Waals surface area contributed by atoms with Crippen LogP contribution in [0.25, 0.3) is 0 Å². The summed E-state index contributed by atoms with van der Waals surface area (Å²) in [5.41, 5.74) is 1.81. The van der Waals surface area contributed by atoms with Crippen molar-refractivity contribution in [2.75, 3.05) is 0 Å². The minimum absolute atomic E-state index is 0.00362. The van der Waals surface area contributed by atoms with Gasteiger partial charge in [0, 0.05) is 24.5 Å². The van der Waals surface area contributed by atoms with Gasteiger partial charge in [0.15, 0.2) is 17.2 Å². The molecule has 33 heavy (non-hydrogen) atoms. The Kier molecular flexibility index (Phi) is 7.52. The van der Waals surface area contributed by atoms with Crippen LogP contribution in [0.1, 0.15) is 86.5 Å². The van der Waals surface area contributed by atoms with Crippen LogP contribution in [0, 0.1) is 23.2 Å². The fraction of sp³-hybridized carbons (Fsp3) is 0.679. The Bertz CT molecular complexity index is 907. The highest BCUT2D eigenvalue weighted by Gasteiger charge is 2.49. The van der Waals surface area contributed by atoms with Crippen LogP contribution in [0.3, 0.4) is 0 Å². The number of allylic oxidation sites excluding steroid dienone is 5. The topological polar surface area (TPSA) is 80.7 Å². The molecule has 3 aliphatic carbocycles. The largest absolute Gasteiger partial charge is 0.448 e. The van der Waals surface area contributed by atoms with E-state index in [0.29, 0.717) is 36.7 Å². The van der Waals surface area contributed by atoms with Gasteiger partial charge in [-0.25, -0.2) is 4.79 Å². The number of rotatable bonds is 5. The van der Waals surface area contributed by atoms with Crippen LogP contribution in [0.5, 0.6) is 0 Å². The van der Waals surface area contributed by atoms with E-state index < -0.39 is 17.7 Å².